The predicted octanol–water partition coefficient (Wildman–Crippen LogP) is 4.13. The first kappa shape index (κ1) is 14.1. The number of aliphatic hydroxyl groups is 1. The summed E-state index contributed by atoms with van der Waals surface area (Å²) in [5, 5.41) is 9.70. The first-order valence-electron chi connectivity index (χ1n) is 6.52. The van der Waals surface area contributed by atoms with Crippen LogP contribution in [0.25, 0.3) is 0 Å². The van der Waals surface area contributed by atoms with Crippen LogP contribution in [-0.2, 0) is 5.75 Å². The number of rotatable bonds is 5. The van der Waals surface area contributed by atoms with Gasteiger partial charge in [-0.2, -0.15) is 0 Å². The average molecular weight is 273 g/mol. The van der Waals surface area contributed by atoms with Crippen molar-refractivity contribution in [1.82, 2.24) is 4.98 Å². The van der Waals surface area contributed by atoms with E-state index in [4.69, 9.17) is 0 Å². The third-order valence-electron chi connectivity index (χ3n) is 3.14. The summed E-state index contributed by atoms with van der Waals surface area (Å²) < 4.78 is 0. The summed E-state index contributed by atoms with van der Waals surface area (Å²) in [5.41, 5.74) is 3.42. The molecular formula is C16H19NOS. The minimum Gasteiger partial charge on any atom is -0.387 e. The van der Waals surface area contributed by atoms with Crippen molar-refractivity contribution >= 4 is 11.8 Å². The fourth-order valence-electron chi connectivity index (χ4n) is 1.82. The second kappa shape index (κ2) is 6.73. The highest BCUT2D eigenvalue weighted by atomic mass is 32.2. The highest BCUT2D eigenvalue weighted by Crippen LogP contribution is 2.24. The van der Waals surface area contributed by atoms with Crippen LogP contribution in [0.2, 0.25) is 0 Å². The lowest BCUT2D eigenvalue weighted by Crippen LogP contribution is -1.98. The van der Waals surface area contributed by atoms with Gasteiger partial charge in [-0.15, -0.1) is 11.8 Å². The van der Waals surface area contributed by atoms with E-state index in [0.29, 0.717) is 6.42 Å². The van der Waals surface area contributed by atoms with Crippen molar-refractivity contribution in [3.8, 4) is 0 Å². The Labute approximate surface area is 118 Å². The standard InChI is InChI=1S/C16H19NOS/c1-3-16(18)15-9-8-14(10-17-15)19-11-13-7-5-4-6-12(13)2/h4-10,16,18H,3,11H2,1-2H3/t16-/m0/s1. The van der Waals surface area contributed by atoms with Crippen molar-refractivity contribution in [3.63, 3.8) is 0 Å². The quantitative estimate of drug-likeness (QED) is 0.832. The molecule has 0 aliphatic rings. The molecule has 1 aromatic carbocycles. The molecule has 1 heterocycles. The number of aliphatic hydroxyl groups excluding tert-OH is 1. The lowest BCUT2D eigenvalue weighted by molar-refractivity contribution is 0.169. The molecule has 0 unspecified atom stereocenters. The fourth-order valence-corrected chi connectivity index (χ4v) is 2.75. The zero-order valence-corrected chi connectivity index (χ0v) is 12.2. The molecule has 0 amide bonds. The lowest BCUT2D eigenvalue weighted by Gasteiger charge is -2.08. The van der Waals surface area contributed by atoms with Gasteiger partial charge in [-0.3, -0.25) is 4.98 Å². The number of aryl methyl sites for hydroxylation is 1. The van der Waals surface area contributed by atoms with Crippen LogP contribution in [0.3, 0.4) is 0 Å². The van der Waals surface area contributed by atoms with Crippen LogP contribution < -0.4 is 0 Å². The molecule has 3 heteroatoms. The molecule has 2 nitrogen and oxygen atoms in total. The average Bonchev–Trinajstić information content (AvgIpc) is 2.46. The number of benzene rings is 1. The van der Waals surface area contributed by atoms with Gasteiger partial charge < -0.3 is 5.11 Å². The second-order valence-electron chi connectivity index (χ2n) is 4.56. The van der Waals surface area contributed by atoms with Crippen LogP contribution in [0.5, 0.6) is 0 Å². The van der Waals surface area contributed by atoms with Gasteiger partial charge >= 0.3 is 0 Å². The first-order chi connectivity index (χ1) is 9.20. The van der Waals surface area contributed by atoms with E-state index in [-0.39, 0.29) is 0 Å². The van der Waals surface area contributed by atoms with Crippen LogP contribution in [0.1, 0.15) is 36.3 Å². The van der Waals surface area contributed by atoms with Gasteiger partial charge in [-0.05, 0) is 36.6 Å². The molecule has 19 heavy (non-hydrogen) atoms. The first-order valence-corrected chi connectivity index (χ1v) is 7.50. The highest BCUT2D eigenvalue weighted by Gasteiger charge is 2.06. The van der Waals surface area contributed by atoms with Crippen molar-refractivity contribution in [2.24, 2.45) is 0 Å². The van der Waals surface area contributed by atoms with Crippen LogP contribution >= 0.6 is 11.8 Å². The minimum absolute atomic E-state index is 0.449. The Bertz CT molecular complexity index is 525. The Morgan fingerprint density at radius 3 is 2.63 bits per heavy atom. The maximum Gasteiger partial charge on any atom is 0.0957 e. The number of pyridine rings is 1. The van der Waals surface area contributed by atoms with Gasteiger partial charge in [0, 0.05) is 16.8 Å². The summed E-state index contributed by atoms with van der Waals surface area (Å²) >= 11 is 1.77. The number of aromatic nitrogens is 1. The normalized spacial score (nSPS) is 12.4. The molecule has 1 aromatic heterocycles. The van der Waals surface area contributed by atoms with E-state index in [0.717, 1.165) is 16.3 Å². The van der Waals surface area contributed by atoms with Crippen LogP contribution in [-0.4, -0.2) is 10.1 Å². The molecular weight excluding hydrogens is 254 g/mol. The maximum absolute atomic E-state index is 9.70. The molecule has 0 saturated heterocycles. The topological polar surface area (TPSA) is 33.1 Å². The zero-order valence-electron chi connectivity index (χ0n) is 11.3. The maximum atomic E-state index is 9.70. The molecule has 2 aromatic rings. The van der Waals surface area contributed by atoms with Crippen molar-refractivity contribution in [2.75, 3.05) is 0 Å². The molecule has 1 atom stereocenters. The minimum atomic E-state index is -0.449. The largest absolute Gasteiger partial charge is 0.387 e. The van der Waals surface area contributed by atoms with Crippen molar-refractivity contribution < 1.29 is 5.11 Å². The van der Waals surface area contributed by atoms with Crippen molar-refractivity contribution in [2.45, 2.75) is 37.0 Å². The van der Waals surface area contributed by atoms with E-state index in [1.54, 1.807) is 11.8 Å². The van der Waals surface area contributed by atoms with Gasteiger partial charge in [0.2, 0.25) is 0 Å². The molecule has 0 saturated carbocycles. The number of hydrogen-bond donors (Lipinski definition) is 1. The summed E-state index contributed by atoms with van der Waals surface area (Å²) in [6, 6.07) is 12.4. The van der Waals surface area contributed by atoms with Crippen LogP contribution in [0, 0.1) is 6.92 Å². The number of hydrogen-bond acceptors (Lipinski definition) is 3. The Kier molecular flexibility index (Phi) is 5.00. The Morgan fingerprint density at radius 1 is 1.21 bits per heavy atom. The predicted molar refractivity (Wildman–Crippen MR) is 80.2 cm³/mol. The van der Waals surface area contributed by atoms with E-state index in [9.17, 15) is 5.11 Å². The molecule has 0 radical (unpaired) electrons. The van der Waals surface area contributed by atoms with E-state index in [1.807, 2.05) is 25.3 Å². The summed E-state index contributed by atoms with van der Waals surface area (Å²) in [4.78, 5) is 5.45. The Balaban J connectivity index is 1.99. The summed E-state index contributed by atoms with van der Waals surface area (Å²) in [6.07, 6.45) is 2.09. The highest BCUT2D eigenvalue weighted by molar-refractivity contribution is 7.98. The van der Waals surface area contributed by atoms with Gasteiger partial charge in [-0.1, -0.05) is 31.2 Å². The van der Waals surface area contributed by atoms with E-state index < -0.39 is 6.10 Å². The van der Waals surface area contributed by atoms with Gasteiger partial charge in [0.05, 0.1) is 11.8 Å². The van der Waals surface area contributed by atoms with E-state index in [1.165, 1.54) is 11.1 Å². The molecule has 0 bridgehead atoms. The van der Waals surface area contributed by atoms with Crippen molar-refractivity contribution in [1.29, 1.82) is 0 Å². The third-order valence-corrected chi connectivity index (χ3v) is 4.17. The third kappa shape index (κ3) is 3.82. The molecule has 0 fully saturated rings. The molecule has 100 valence electrons. The Morgan fingerprint density at radius 2 is 2.00 bits per heavy atom. The van der Waals surface area contributed by atoms with Gasteiger partial charge in [-0.25, -0.2) is 0 Å². The monoisotopic (exact) mass is 273 g/mol. The fraction of sp³-hybridized carbons (Fsp3) is 0.312. The number of thioether (sulfide) groups is 1. The van der Waals surface area contributed by atoms with Gasteiger partial charge in [0.15, 0.2) is 0 Å². The summed E-state index contributed by atoms with van der Waals surface area (Å²) in [7, 11) is 0. The zero-order chi connectivity index (χ0) is 13.7. The van der Waals surface area contributed by atoms with Gasteiger partial charge in [0.1, 0.15) is 0 Å². The summed E-state index contributed by atoms with van der Waals surface area (Å²) in [6.45, 7) is 4.09. The summed E-state index contributed by atoms with van der Waals surface area (Å²) in [5.74, 6) is 0.948. The number of nitrogens with zero attached hydrogens (tertiary/aromatic N) is 1. The molecule has 2 rings (SSSR count). The van der Waals surface area contributed by atoms with Crippen LogP contribution in [0.15, 0.2) is 47.5 Å². The molecule has 0 spiro atoms. The molecule has 0 aliphatic heterocycles. The van der Waals surface area contributed by atoms with Crippen LogP contribution in [0.4, 0.5) is 0 Å². The van der Waals surface area contributed by atoms with Gasteiger partial charge in [0.25, 0.3) is 0 Å². The van der Waals surface area contributed by atoms with E-state index in [2.05, 4.69) is 36.2 Å². The smallest absolute Gasteiger partial charge is 0.0957 e. The van der Waals surface area contributed by atoms with E-state index >= 15 is 0 Å². The Hall–Kier alpha value is -1.32. The lowest BCUT2D eigenvalue weighted by atomic mass is 10.1. The molecule has 1 N–H and O–H groups in total. The molecule has 0 aliphatic carbocycles. The second-order valence-corrected chi connectivity index (χ2v) is 5.61. The van der Waals surface area contributed by atoms with Crippen molar-refractivity contribution in [3.05, 3.63) is 59.4 Å². The SMILES string of the molecule is CC[C@H](O)c1ccc(SCc2ccccc2C)cn1.